The first-order valence-electron chi connectivity index (χ1n) is 6.43. The number of morpholine rings is 1. The molecule has 2 rings (SSSR count). The molecule has 1 heterocycles. The fourth-order valence-corrected chi connectivity index (χ4v) is 2.26. The molecule has 0 saturated carbocycles. The molecule has 0 radical (unpaired) electrons. The molecule has 108 valence electrons. The number of halogens is 3. The average molecular weight is 284 g/mol. The van der Waals surface area contributed by atoms with Gasteiger partial charge in [0.05, 0.1) is 29.9 Å². The van der Waals surface area contributed by atoms with E-state index in [2.05, 4.69) is 0 Å². The van der Waals surface area contributed by atoms with Crippen molar-refractivity contribution < 1.29 is 17.9 Å². The maximum Gasteiger partial charge on any atom is 0.417 e. The third kappa shape index (κ3) is 3.05. The minimum absolute atomic E-state index is 0.0359. The zero-order valence-corrected chi connectivity index (χ0v) is 11.1. The molecule has 1 aliphatic heterocycles. The van der Waals surface area contributed by atoms with Crippen LogP contribution < -0.4 is 4.90 Å². The molecule has 0 N–H and O–H groups in total. The van der Waals surface area contributed by atoms with E-state index in [9.17, 15) is 13.2 Å². The molecule has 3 nitrogen and oxygen atoms in total. The van der Waals surface area contributed by atoms with Gasteiger partial charge in [-0.2, -0.15) is 18.4 Å². The van der Waals surface area contributed by atoms with Crippen LogP contribution in [0.4, 0.5) is 18.9 Å². The van der Waals surface area contributed by atoms with Crippen molar-refractivity contribution in [2.45, 2.75) is 25.6 Å². The fourth-order valence-electron chi connectivity index (χ4n) is 2.26. The topological polar surface area (TPSA) is 36.3 Å². The molecule has 0 aromatic heterocycles. The summed E-state index contributed by atoms with van der Waals surface area (Å²) in [4.78, 5) is 1.87. The lowest BCUT2D eigenvalue weighted by atomic mass is 10.1. The van der Waals surface area contributed by atoms with Gasteiger partial charge in [0.15, 0.2) is 0 Å². The van der Waals surface area contributed by atoms with Crippen molar-refractivity contribution in [3.63, 3.8) is 0 Å². The quantitative estimate of drug-likeness (QED) is 0.836. The molecule has 1 aromatic carbocycles. The van der Waals surface area contributed by atoms with E-state index in [-0.39, 0.29) is 11.7 Å². The molecule has 1 saturated heterocycles. The zero-order chi connectivity index (χ0) is 14.8. The lowest BCUT2D eigenvalue weighted by molar-refractivity contribution is -0.137. The zero-order valence-electron chi connectivity index (χ0n) is 11.1. The Balaban J connectivity index is 2.32. The molecule has 0 amide bonds. The minimum Gasteiger partial charge on any atom is -0.375 e. The van der Waals surface area contributed by atoms with Crippen LogP contribution in [0.1, 0.15) is 24.5 Å². The van der Waals surface area contributed by atoms with Crippen LogP contribution in [0.5, 0.6) is 0 Å². The molecule has 1 fully saturated rings. The summed E-state index contributed by atoms with van der Waals surface area (Å²) in [6, 6.07) is 5.43. The van der Waals surface area contributed by atoms with Crippen LogP contribution in [0.25, 0.3) is 0 Å². The smallest absolute Gasteiger partial charge is 0.375 e. The lowest BCUT2D eigenvalue weighted by Crippen LogP contribution is -2.42. The third-order valence-electron chi connectivity index (χ3n) is 3.39. The Morgan fingerprint density at radius 3 is 2.80 bits per heavy atom. The molecule has 0 spiro atoms. The second-order valence-corrected chi connectivity index (χ2v) is 4.69. The van der Waals surface area contributed by atoms with Crippen LogP contribution in [0.3, 0.4) is 0 Å². The summed E-state index contributed by atoms with van der Waals surface area (Å²) < 4.78 is 44.3. The average Bonchev–Trinajstić information content (AvgIpc) is 2.45. The van der Waals surface area contributed by atoms with Crippen LogP contribution >= 0.6 is 0 Å². The maximum atomic E-state index is 12.9. The molecular formula is C14H15F3N2O. The van der Waals surface area contributed by atoms with Crippen LogP contribution in [-0.4, -0.2) is 25.8 Å². The Kier molecular flexibility index (Phi) is 4.19. The van der Waals surface area contributed by atoms with E-state index < -0.39 is 11.7 Å². The van der Waals surface area contributed by atoms with E-state index in [1.807, 2.05) is 11.8 Å². The van der Waals surface area contributed by atoms with E-state index in [1.54, 1.807) is 12.1 Å². The van der Waals surface area contributed by atoms with Crippen LogP contribution in [-0.2, 0) is 10.9 Å². The van der Waals surface area contributed by atoms with Crippen molar-refractivity contribution in [1.29, 1.82) is 5.26 Å². The van der Waals surface area contributed by atoms with Gasteiger partial charge in [-0.25, -0.2) is 0 Å². The van der Waals surface area contributed by atoms with Crippen molar-refractivity contribution in [3.8, 4) is 6.07 Å². The molecule has 1 unspecified atom stereocenters. The van der Waals surface area contributed by atoms with E-state index in [1.165, 1.54) is 6.07 Å². The Labute approximate surface area is 115 Å². The highest BCUT2D eigenvalue weighted by Crippen LogP contribution is 2.34. The number of nitrogens with zero attached hydrogens (tertiary/aromatic N) is 2. The van der Waals surface area contributed by atoms with Crippen LogP contribution in [0.2, 0.25) is 0 Å². The van der Waals surface area contributed by atoms with Gasteiger partial charge in [-0.05, 0) is 24.6 Å². The van der Waals surface area contributed by atoms with Crippen LogP contribution in [0.15, 0.2) is 18.2 Å². The minimum atomic E-state index is -4.52. The Morgan fingerprint density at radius 1 is 1.45 bits per heavy atom. The highest BCUT2D eigenvalue weighted by molar-refractivity contribution is 5.55. The van der Waals surface area contributed by atoms with Gasteiger partial charge in [-0.1, -0.05) is 6.92 Å². The van der Waals surface area contributed by atoms with E-state index >= 15 is 0 Å². The second kappa shape index (κ2) is 5.71. The summed E-state index contributed by atoms with van der Waals surface area (Å²) in [5, 5.41) is 8.78. The van der Waals surface area contributed by atoms with Gasteiger partial charge in [-0.3, -0.25) is 0 Å². The Hall–Kier alpha value is -1.74. The third-order valence-corrected chi connectivity index (χ3v) is 3.39. The number of hydrogen-bond acceptors (Lipinski definition) is 3. The summed E-state index contributed by atoms with van der Waals surface area (Å²) in [6.45, 7) is 3.60. The van der Waals surface area contributed by atoms with Crippen molar-refractivity contribution in [2.75, 3.05) is 24.6 Å². The molecule has 0 aliphatic carbocycles. The molecule has 20 heavy (non-hydrogen) atoms. The predicted octanol–water partition coefficient (Wildman–Crippen LogP) is 3.19. The van der Waals surface area contributed by atoms with Crippen molar-refractivity contribution in [2.24, 2.45) is 0 Å². The molecule has 1 aromatic rings. The summed E-state index contributed by atoms with van der Waals surface area (Å²) in [5.41, 5.74) is -0.739. The Morgan fingerprint density at radius 2 is 2.20 bits per heavy atom. The highest BCUT2D eigenvalue weighted by Gasteiger charge is 2.34. The number of alkyl halides is 3. The molecule has 6 heteroatoms. The molecule has 1 aliphatic rings. The standard InChI is InChI=1S/C14H15F3N2O/c1-2-12-9-19(5-6-20-12)11-4-3-10(8-18)13(7-11)14(15,16)17/h3-4,7,12H,2,5-6,9H2,1H3. The number of ether oxygens (including phenoxy) is 1. The second-order valence-electron chi connectivity index (χ2n) is 4.69. The number of nitriles is 1. The van der Waals surface area contributed by atoms with E-state index in [4.69, 9.17) is 10.00 Å². The van der Waals surface area contributed by atoms with Gasteiger partial charge in [0, 0.05) is 18.8 Å². The number of rotatable bonds is 2. The highest BCUT2D eigenvalue weighted by atomic mass is 19.4. The maximum absolute atomic E-state index is 12.9. The Bertz CT molecular complexity index is 522. The normalized spacial score (nSPS) is 19.8. The summed E-state index contributed by atoms with van der Waals surface area (Å²) in [5.74, 6) is 0. The van der Waals surface area contributed by atoms with E-state index in [0.29, 0.717) is 25.4 Å². The van der Waals surface area contributed by atoms with E-state index in [0.717, 1.165) is 12.5 Å². The van der Waals surface area contributed by atoms with Crippen LogP contribution in [0, 0.1) is 11.3 Å². The number of hydrogen-bond donors (Lipinski definition) is 0. The molecule has 0 bridgehead atoms. The monoisotopic (exact) mass is 284 g/mol. The molecular weight excluding hydrogens is 269 g/mol. The first-order chi connectivity index (χ1) is 9.45. The largest absolute Gasteiger partial charge is 0.417 e. The fraction of sp³-hybridized carbons (Fsp3) is 0.500. The van der Waals surface area contributed by atoms with Crippen molar-refractivity contribution in [3.05, 3.63) is 29.3 Å². The van der Waals surface area contributed by atoms with Gasteiger partial charge >= 0.3 is 6.18 Å². The van der Waals surface area contributed by atoms with Gasteiger partial charge in [0.2, 0.25) is 0 Å². The first-order valence-corrected chi connectivity index (χ1v) is 6.43. The SMILES string of the molecule is CCC1CN(c2ccc(C#N)c(C(F)(F)F)c2)CCO1. The lowest BCUT2D eigenvalue weighted by Gasteiger charge is -2.34. The van der Waals surface area contributed by atoms with Crippen molar-refractivity contribution >= 4 is 5.69 Å². The number of benzene rings is 1. The van der Waals surface area contributed by atoms with Gasteiger partial charge in [0.1, 0.15) is 0 Å². The van der Waals surface area contributed by atoms with Gasteiger partial charge in [-0.15, -0.1) is 0 Å². The predicted molar refractivity (Wildman–Crippen MR) is 68.4 cm³/mol. The summed E-state index contributed by atoms with van der Waals surface area (Å²) in [7, 11) is 0. The number of anilines is 1. The van der Waals surface area contributed by atoms with Gasteiger partial charge < -0.3 is 9.64 Å². The first kappa shape index (κ1) is 14.7. The van der Waals surface area contributed by atoms with Crippen molar-refractivity contribution in [1.82, 2.24) is 0 Å². The molecule has 1 atom stereocenters. The summed E-state index contributed by atoms with van der Waals surface area (Å²) >= 11 is 0. The van der Waals surface area contributed by atoms with Gasteiger partial charge in [0.25, 0.3) is 0 Å². The summed E-state index contributed by atoms with van der Waals surface area (Å²) in [6.07, 6.45) is -3.66.